The first-order valence-corrected chi connectivity index (χ1v) is 16.3. The van der Waals surface area contributed by atoms with Crippen LogP contribution in [0.3, 0.4) is 0 Å². The molecule has 0 aliphatic carbocycles. The van der Waals surface area contributed by atoms with Gasteiger partial charge in [0, 0.05) is 36.9 Å². The maximum Gasteiger partial charge on any atom is 0.164 e. The molecule has 0 radical (unpaired) electrons. The van der Waals surface area contributed by atoms with Gasteiger partial charge < -0.3 is 0 Å². The van der Waals surface area contributed by atoms with E-state index in [1.54, 1.807) is 0 Å². The van der Waals surface area contributed by atoms with Gasteiger partial charge in [-0.2, -0.15) is 0 Å². The van der Waals surface area contributed by atoms with E-state index in [1.165, 1.54) is 0 Å². The molecule has 0 saturated carbocycles. The third-order valence-electron chi connectivity index (χ3n) is 8.18. The zero-order chi connectivity index (χ0) is 42.1. The zero-order valence-corrected chi connectivity index (χ0v) is 26.5. The van der Waals surface area contributed by atoms with Gasteiger partial charge in [-0.1, -0.05) is 164 Å². The fraction of sp³-hybridized carbons (Fsp3) is 0. The molecular weight excluding hydrogens is 615 g/mol. The minimum absolute atomic E-state index is 0.0100. The molecule has 0 amide bonds. The fourth-order valence-corrected chi connectivity index (χ4v) is 6.70. The largest absolute Gasteiger partial charge is 0.208 e. The maximum atomic E-state index is 9.34. The van der Waals surface area contributed by atoms with Gasteiger partial charge in [-0.05, 0) is 45.5 Å². The van der Waals surface area contributed by atoms with E-state index in [0.29, 0.717) is 11.1 Å². The number of aromatic nitrogens is 3. The monoisotopic (exact) mass is 654 g/mol. The van der Waals surface area contributed by atoms with Crippen molar-refractivity contribution in [3.05, 3.63) is 176 Å². The molecule has 0 spiro atoms. The lowest BCUT2D eigenvalue weighted by atomic mass is 9.98. The van der Waals surface area contributed by atoms with E-state index < -0.39 is 54.4 Å². The van der Waals surface area contributed by atoms with Gasteiger partial charge in [-0.15, -0.1) is 11.3 Å². The molecule has 7 aromatic carbocycles. The van der Waals surface area contributed by atoms with Crippen LogP contribution in [0.5, 0.6) is 0 Å². The summed E-state index contributed by atoms with van der Waals surface area (Å²) < 4.78 is 97.8. The topological polar surface area (TPSA) is 38.7 Å². The second kappa shape index (κ2) is 12.4. The lowest BCUT2D eigenvalue weighted by Gasteiger charge is -2.11. The number of hydrogen-bond donors (Lipinski definition) is 0. The normalized spacial score (nSPS) is 14.4. The third kappa shape index (κ3) is 5.58. The highest BCUT2D eigenvalue weighted by Gasteiger charge is 2.15. The number of fused-ring (bicyclic) bond motifs is 3. The van der Waals surface area contributed by atoms with E-state index in [9.17, 15) is 5.48 Å². The van der Waals surface area contributed by atoms with E-state index in [0.717, 1.165) is 33.6 Å². The first kappa shape index (κ1) is 19.6. The molecule has 0 saturated heterocycles. The van der Waals surface area contributed by atoms with E-state index in [4.69, 9.17) is 24.5 Å². The Morgan fingerprint density at radius 1 is 0.367 bits per heavy atom. The summed E-state index contributed by atoms with van der Waals surface area (Å²) in [6.45, 7) is 0. The highest BCUT2D eigenvalue weighted by Crippen LogP contribution is 2.40. The molecular formula is C45H29N3S. The van der Waals surface area contributed by atoms with Crippen LogP contribution in [0.1, 0.15) is 15.1 Å². The zero-order valence-electron chi connectivity index (χ0n) is 36.6. The minimum Gasteiger partial charge on any atom is -0.208 e. The van der Waals surface area contributed by atoms with Gasteiger partial charge in [-0.25, -0.2) is 15.0 Å². The molecule has 2 heterocycles. The first-order chi connectivity index (χ1) is 28.8. The van der Waals surface area contributed by atoms with Crippen LogP contribution in [-0.4, -0.2) is 15.0 Å². The van der Waals surface area contributed by atoms with Crippen LogP contribution in [0.25, 0.3) is 87.7 Å². The summed E-state index contributed by atoms with van der Waals surface area (Å²) >= 11 is 0.857. The predicted molar refractivity (Wildman–Crippen MR) is 205 cm³/mol. The van der Waals surface area contributed by atoms with Crippen molar-refractivity contribution in [2.24, 2.45) is 0 Å². The summed E-state index contributed by atoms with van der Waals surface area (Å²) in [4.78, 5) is 14.3. The van der Waals surface area contributed by atoms with Crippen molar-refractivity contribution in [1.29, 1.82) is 0 Å². The fourth-order valence-electron chi connectivity index (χ4n) is 5.73. The Hall–Kier alpha value is -6.23. The van der Waals surface area contributed by atoms with Gasteiger partial charge in [0.05, 0.1) is 15.1 Å². The van der Waals surface area contributed by atoms with Gasteiger partial charge in [0.2, 0.25) is 0 Å². The molecule has 0 bridgehead atoms. The molecule has 230 valence electrons. The Balaban J connectivity index is 1.26. The Morgan fingerprint density at radius 3 is 1.39 bits per heavy atom. The van der Waals surface area contributed by atoms with Gasteiger partial charge in [0.25, 0.3) is 0 Å². The highest BCUT2D eigenvalue weighted by atomic mass is 32.1. The summed E-state index contributed by atoms with van der Waals surface area (Å²) in [6, 6.07) is 29.3. The highest BCUT2D eigenvalue weighted by molar-refractivity contribution is 7.25. The molecule has 0 N–H and O–H groups in total. The maximum absolute atomic E-state index is 9.34. The van der Waals surface area contributed by atoms with Crippen LogP contribution < -0.4 is 0 Å². The first-order valence-electron chi connectivity index (χ1n) is 21.0. The van der Waals surface area contributed by atoms with Crippen molar-refractivity contribution < 1.29 is 15.1 Å². The SMILES string of the molecule is [2H]c1c([2H])c(-c2c([2H])c([2H])c([2H])c3sc4c([2H])c([2H])c([2H])c([2H])c4c23)c([2H])c([2H])c1-c1nc(-c2ccc(-c3ccccc3)cc2)nc(-c2ccc(-c3ccccc3)cc2)n1. The standard InChI is InChI=1S/C45H29N3S/c1-3-10-30(11-4-1)32-18-24-35(25-19-32)43-46-44(36-26-20-33(21-27-36)31-12-5-2-6-13-31)48-45(47-43)37-28-22-34(23-29-37)38-15-9-17-41-42(38)39-14-7-8-16-40(39)49-41/h1-29H/i7D,8D,9D,14D,15D,16D,17D,22D,23D,28D,29D. The third-order valence-corrected chi connectivity index (χ3v) is 9.20. The number of rotatable bonds is 6. The lowest BCUT2D eigenvalue weighted by Crippen LogP contribution is -2.00. The summed E-state index contributed by atoms with van der Waals surface area (Å²) in [7, 11) is 0. The number of benzene rings is 7. The molecule has 9 aromatic rings. The Bertz CT molecular complexity index is 3060. The number of nitrogens with zero attached hydrogens (tertiary/aromatic N) is 3. The Labute approximate surface area is 304 Å². The van der Waals surface area contributed by atoms with Crippen molar-refractivity contribution >= 4 is 31.5 Å². The summed E-state index contributed by atoms with van der Waals surface area (Å²) in [6.07, 6.45) is 0. The molecule has 9 rings (SSSR count). The molecule has 4 heteroatoms. The van der Waals surface area contributed by atoms with Gasteiger partial charge >= 0.3 is 0 Å². The van der Waals surface area contributed by atoms with Crippen molar-refractivity contribution in [2.45, 2.75) is 0 Å². The molecule has 0 atom stereocenters. The lowest BCUT2D eigenvalue weighted by molar-refractivity contribution is 1.07. The van der Waals surface area contributed by atoms with Crippen molar-refractivity contribution in [2.75, 3.05) is 0 Å². The van der Waals surface area contributed by atoms with Crippen LogP contribution in [0.15, 0.2) is 176 Å². The molecule has 0 aliphatic heterocycles. The van der Waals surface area contributed by atoms with Crippen LogP contribution in [0.2, 0.25) is 0 Å². The Kier molecular flexibility index (Phi) is 4.96. The van der Waals surface area contributed by atoms with E-state index in [-0.39, 0.29) is 66.4 Å². The Morgan fingerprint density at radius 2 is 0.816 bits per heavy atom. The van der Waals surface area contributed by atoms with Gasteiger partial charge in [0.15, 0.2) is 17.5 Å². The molecule has 0 aliphatic rings. The molecule has 0 fully saturated rings. The van der Waals surface area contributed by atoms with Gasteiger partial charge in [0.1, 0.15) is 0 Å². The van der Waals surface area contributed by atoms with Crippen LogP contribution in [-0.2, 0) is 0 Å². The van der Waals surface area contributed by atoms with Crippen molar-refractivity contribution in [3.8, 4) is 67.5 Å². The van der Waals surface area contributed by atoms with E-state index >= 15 is 0 Å². The van der Waals surface area contributed by atoms with Crippen LogP contribution in [0, 0.1) is 0 Å². The van der Waals surface area contributed by atoms with E-state index in [2.05, 4.69) is 0 Å². The molecule has 3 nitrogen and oxygen atoms in total. The summed E-state index contributed by atoms with van der Waals surface area (Å²) in [5, 5.41) is -0.0357. The number of hydrogen-bond acceptors (Lipinski definition) is 4. The van der Waals surface area contributed by atoms with Crippen molar-refractivity contribution in [3.63, 3.8) is 0 Å². The second-order valence-electron chi connectivity index (χ2n) is 11.2. The summed E-state index contributed by atoms with van der Waals surface area (Å²) in [5.74, 6) is 0.315. The van der Waals surface area contributed by atoms with Crippen LogP contribution >= 0.6 is 11.3 Å². The number of thiophene rings is 1. The quantitative estimate of drug-likeness (QED) is 0.179. The second-order valence-corrected chi connectivity index (χ2v) is 12.2. The van der Waals surface area contributed by atoms with Gasteiger partial charge in [-0.3, -0.25) is 0 Å². The van der Waals surface area contributed by atoms with E-state index in [1.807, 2.05) is 109 Å². The summed E-state index contributed by atoms with van der Waals surface area (Å²) in [5.41, 5.74) is 4.36. The molecule has 0 unspecified atom stereocenters. The van der Waals surface area contributed by atoms with Crippen LogP contribution in [0.4, 0.5) is 0 Å². The molecule has 2 aromatic heterocycles. The predicted octanol–water partition coefficient (Wildman–Crippen LogP) is 12.2. The smallest absolute Gasteiger partial charge is 0.164 e. The average Bonchev–Trinajstić information content (AvgIpc) is 3.69. The molecule has 49 heavy (non-hydrogen) atoms. The van der Waals surface area contributed by atoms with Crippen molar-refractivity contribution in [1.82, 2.24) is 15.0 Å². The average molecular weight is 655 g/mol. The minimum atomic E-state index is -0.582.